The number of aryl methyl sites for hydroxylation is 1. The van der Waals surface area contributed by atoms with Gasteiger partial charge in [0.2, 0.25) is 0 Å². The van der Waals surface area contributed by atoms with Crippen molar-refractivity contribution in [2.24, 2.45) is 5.73 Å². The number of ether oxygens (including phenoxy) is 1. The van der Waals surface area contributed by atoms with Crippen LogP contribution in [0.25, 0.3) is 10.9 Å². The number of rotatable bonds is 6. The Morgan fingerprint density at radius 3 is 2.85 bits per heavy atom. The van der Waals surface area contributed by atoms with E-state index in [1.54, 1.807) is 7.11 Å². The molecule has 0 saturated heterocycles. The van der Waals surface area contributed by atoms with Crippen molar-refractivity contribution in [1.29, 1.82) is 0 Å². The topological polar surface area (TPSA) is 77.5 Å². The molecule has 0 radical (unpaired) electrons. The fraction of sp³-hybridized carbons (Fsp3) is 0.400. The molecule has 1 aromatic carbocycles. The second-order valence-corrected chi connectivity index (χ2v) is 4.88. The van der Waals surface area contributed by atoms with Gasteiger partial charge in [0.25, 0.3) is 0 Å². The second-order valence-electron chi connectivity index (χ2n) is 4.88. The zero-order valence-corrected chi connectivity index (χ0v) is 11.8. The van der Waals surface area contributed by atoms with E-state index in [9.17, 15) is 4.79 Å². The third-order valence-electron chi connectivity index (χ3n) is 3.39. The fourth-order valence-electron chi connectivity index (χ4n) is 2.39. The van der Waals surface area contributed by atoms with Crippen molar-refractivity contribution in [3.8, 4) is 5.75 Å². The summed E-state index contributed by atoms with van der Waals surface area (Å²) >= 11 is 0. The van der Waals surface area contributed by atoms with Crippen LogP contribution in [0.4, 0.5) is 0 Å². The van der Waals surface area contributed by atoms with E-state index in [2.05, 4.69) is 11.5 Å². The average molecular weight is 276 g/mol. The molecule has 0 aliphatic rings. The summed E-state index contributed by atoms with van der Waals surface area (Å²) in [5, 5.41) is 9.98. The molecule has 0 bridgehead atoms. The lowest BCUT2D eigenvalue weighted by molar-refractivity contribution is -0.138. The van der Waals surface area contributed by atoms with E-state index in [0.717, 1.165) is 35.2 Å². The molecule has 1 aromatic heterocycles. The Balaban J connectivity index is 2.48. The highest BCUT2D eigenvalue weighted by atomic mass is 16.5. The summed E-state index contributed by atoms with van der Waals surface area (Å²) in [6.45, 7) is 3.00. The zero-order valence-electron chi connectivity index (χ0n) is 11.8. The van der Waals surface area contributed by atoms with Crippen LogP contribution in [0.1, 0.15) is 18.9 Å². The summed E-state index contributed by atoms with van der Waals surface area (Å²) in [6, 6.07) is 4.96. The molecule has 2 rings (SSSR count). The molecule has 0 fully saturated rings. The maximum atomic E-state index is 10.9. The number of hydrogen-bond acceptors (Lipinski definition) is 3. The van der Waals surface area contributed by atoms with Crippen LogP contribution in [0, 0.1) is 0 Å². The lowest BCUT2D eigenvalue weighted by Crippen LogP contribution is -2.32. The van der Waals surface area contributed by atoms with Crippen molar-refractivity contribution in [3.63, 3.8) is 0 Å². The molecule has 0 saturated carbocycles. The van der Waals surface area contributed by atoms with Crippen molar-refractivity contribution in [3.05, 3.63) is 30.0 Å². The van der Waals surface area contributed by atoms with Gasteiger partial charge in [-0.1, -0.05) is 6.92 Å². The predicted molar refractivity (Wildman–Crippen MR) is 78.1 cm³/mol. The number of hydrogen-bond donors (Lipinski definition) is 2. The Morgan fingerprint density at radius 2 is 2.25 bits per heavy atom. The number of carboxylic acid groups (broad SMARTS) is 1. The normalized spacial score (nSPS) is 12.6. The fourth-order valence-corrected chi connectivity index (χ4v) is 2.39. The van der Waals surface area contributed by atoms with Gasteiger partial charge in [0, 0.05) is 30.1 Å². The van der Waals surface area contributed by atoms with Crippen LogP contribution in [0.3, 0.4) is 0 Å². The minimum Gasteiger partial charge on any atom is -0.497 e. The average Bonchev–Trinajstić information content (AvgIpc) is 2.76. The number of aromatic nitrogens is 1. The summed E-state index contributed by atoms with van der Waals surface area (Å²) in [7, 11) is 1.62. The van der Waals surface area contributed by atoms with Crippen LogP contribution in [-0.4, -0.2) is 28.8 Å². The number of methoxy groups -OCH3 is 1. The van der Waals surface area contributed by atoms with E-state index in [4.69, 9.17) is 15.6 Å². The van der Waals surface area contributed by atoms with Crippen LogP contribution in [0.5, 0.6) is 5.75 Å². The summed E-state index contributed by atoms with van der Waals surface area (Å²) < 4.78 is 7.38. The monoisotopic (exact) mass is 276 g/mol. The van der Waals surface area contributed by atoms with Gasteiger partial charge in [-0.05, 0) is 30.2 Å². The number of nitrogens with two attached hydrogens (primary N) is 1. The van der Waals surface area contributed by atoms with Crippen molar-refractivity contribution in [1.82, 2.24) is 4.57 Å². The Morgan fingerprint density at radius 1 is 1.50 bits per heavy atom. The third-order valence-corrected chi connectivity index (χ3v) is 3.39. The summed E-state index contributed by atoms with van der Waals surface area (Å²) in [4.78, 5) is 10.9. The van der Waals surface area contributed by atoms with E-state index in [1.165, 1.54) is 0 Å². The quantitative estimate of drug-likeness (QED) is 0.846. The first-order valence-electron chi connectivity index (χ1n) is 6.71. The first kappa shape index (κ1) is 14.4. The van der Waals surface area contributed by atoms with E-state index in [1.807, 2.05) is 24.4 Å². The van der Waals surface area contributed by atoms with Gasteiger partial charge < -0.3 is 20.1 Å². The summed E-state index contributed by atoms with van der Waals surface area (Å²) in [5.41, 5.74) is 7.68. The van der Waals surface area contributed by atoms with Crippen LogP contribution in [-0.2, 0) is 17.8 Å². The zero-order chi connectivity index (χ0) is 14.7. The van der Waals surface area contributed by atoms with E-state index in [0.29, 0.717) is 6.42 Å². The molecule has 108 valence electrons. The third kappa shape index (κ3) is 2.77. The van der Waals surface area contributed by atoms with Gasteiger partial charge in [0.15, 0.2) is 0 Å². The van der Waals surface area contributed by atoms with Gasteiger partial charge in [-0.2, -0.15) is 0 Å². The minimum atomic E-state index is -0.982. The Bertz CT molecular complexity index is 619. The molecule has 2 aromatic rings. The lowest BCUT2D eigenvalue weighted by atomic mass is 10.1. The molecule has 1 heterocycles. The predicted octanol–water partition coefficient (Wildman–Crippen LogP) is 2.01. The second kappa shape index (κ2) is 5.96. The molecule has 0 aliphatic carbocycles. The number of benzene rings is 1. The highest BCUT2D eigenvalue weighted by Gasteiger charge is 2.16. The lowest BCUT2D eigenvalue weighted by Gasteiger charge is -2.05. The molecule has 5 nitrogen and oxygen atoms in total. The van der Waals surface area contributed by atoms with Crippen LogP contribution in [0.15, 0.2) is 24.4 Å². The van der Waals surface area contributed by atoms with E-state index < -0.39 is 12.0 Å². The maximum absolute atomic E-state index is 10.9. The standard InChI is InChI=1S/C15H20N2O3/c1-3-6-17-9-10(7-13(16)15(18)19)12-8-11(20-2)4-5-14(12)17/h4-5,8-9,13H,3,6-7,16H2,1-2H3,(H,18,19). The van der Waals surface area contributed by atoms with Gasteiger partial charge in [0.1, 0.15) is 11.8 Å². The highest BCUT2D eigenvalue weighted by Crippen LogP contribution is 2.27. The van der Waals surface area contributed by atoms with Crippen LogP contribution in [0.2, 0.25) is 0 Å². The van der Waals surface area contributed by atoms with Gasteiger partial charge in [-0.15, -0.1) is 0 Å². The molecule has 0 aliphatic heterocycles. The summed E-state index contributed by atoms with van der Waals surface area (Å²) in [6.07, 6.45) is 3.33. The van der Waals surface area contributed by atoms with Gasteiger partial charge in [0.05, 0.1) is 7.11 Å². The number of aliphatic carboxylic acids is 1. The maximum Gasteiger partial charge on any atom is 0.320 e. The molecular formula is C15H20N2O3. The number of nitrogens with zero attached hydrogens (tertiary/aromatic N) is 1. The van der Waals surface area contributed by atoms with Crippen molar-refractivity contribution in [2.45, 2.75) is 32.4 Å². The van der Waals surface area contributed by atoms with Crippen molar-refractivity contribution >= 4 is 16.9 Å². The van der Waals surface area contributed by atoms with Crippen molar-refractivity contribution in [2.75, 3.05) is 7.11 Å². The number of carboxylic acids is 1. The smallest absolute Gasteiger partial charge is 0.320 e. The van der Waals surface area contributed by atoms with Crippen LogP contribution >= 0.6 is 0 Å². The Kier molecular flexibility index (Phi) is 4.29. The van der Waals surface area contributed by atoms with Gasteiger partial charge >= 0.3 is 5.97 Å². The number of carbonyl (C=O) groups is 1. The minimum absolute atomic E-state index is 0.315. The molecule has 5 heteroatoms. The molecule has 0 amide bonds. The molecule has 1 atom stereocenters. The molecule has 3 N–H and O–H groups in total. The molecule has 0 spiro atoms. The molecule has 1 unspecified atom stereocenters. The van der Waals surface area contributed by atoms with E-state index in [-0.39, 0.29) is 0 Å². The van der Waals surface area contributed by atoms with Crippen molar-refractivity contribution < 1.29 is 14.6 Å². The molecule has 20 heavy (non-hydrogen) atoms. The van der Waals surface area contributed by atoms with Gasteiger partial charge in [-0.3, -0.25) is 4.79 Å². The first-order chi connectivity index (χ1) is 9.56. The molecular weight excluding hydrogens is 256 g/mol. The van der Waals surface area contributed by atoms with E-state index >= 15 is 0 Å². The van der Waals surface area contributed by atoms with Gasteiger partial charge in [-0.25, -0.2) is 0 Å². The highest BCUT2D eigenvalue weighted by molar-refractivity contribution is 5.86. The SMILES string of the molecule is CCCn1cc(CC(N)C(=O)O)c2cc(OC)ccc21. The number of fused-ring (bicyclic) bond motifs is 1. The Labute approximate surface area is 117 Å². The summed E-state index contributed by atoms with van der Waals surface area (Å²) in [5.74, 6) is -0.221. The van der Waals surface area contributed by atoms with Crippen LogP contribution < -0.4 is 10.5 Å². The largest absolute Gasteiger partial charge is 0.497 e. The first-order valence-corrected chi connectivity index (χ1v) is 6.71. The Hall–Kier alpha value is -2.01.